The molecule has 1 aliphatic heterocycles. The van der Waals surface area contributed by atoms with E-state index in [2.05, 4.69) is 12.2 Å². The third-order valence-corrected chi connectivity index (χ3v) is 4.79. The van der Waals surface area contributed by atoms with Gasteiger partial charge in [0, 0.05) is 26.1 Å². The molecule has 1 saturated heterocycles. The Bertz CT molecular complexity index is 372. The summed E-state index contributed by atoms with van der Waals surface area (Å²) in [4.78, 5) is 26.5. The Morgan fingerprint density at radius 2 is 2.15 bits per heavy atom. The summed E-state index contributed by atoms with van der Waals surface area (Å²) in [5.74, 6) is 0.256. The number of rotatable bonds is 4. The molecule has 5 heteroatoms. The average Bonchev–Trinajstić information content (AvgIpc) is 2.87. The van der Waals surface area contributed by atoms with Crippen molar-refractivity contribution in [2.75, 3.05) is 13.7 Å². The van der Waals surface area contributed by atoms with Crippen molar-refractivity contribution in [2.24, 2.45) is 5.92 Å². The van der Waals surface area contributed by atoms with Gasteiger partial charge in [-0.2, -0.15) is 0 Å². The van der Waals surface area contributed by atoms with Crippen LogP contribution in [0.3, 0.4) is 0 Å². The van der Waals surface area contributed by atoms with Gasteiger partial charge >= 0.3 is 0 Å². The molecule has 0 bridgehead atoms. The van der Waals surface area contributed by atoms with Gasteiger partial charge in [0.15, 0.2) is 0 Å². The molecule has 0 spiro atoms. The highest BCUT2D eigenvalue weighted by Crippen LogP contribution is 2.28. The molecule has 2 fully saturated rings. The largest absolute Gasteiger partial charge is 0.381 e. The Labute approximate surface area is 121 Å². The summed E-state index contributed by atoms with van der Waals surface area (Å²) in [7, 11) is 1.73. The summed E-state index contributed by atoms with van der Waals surface area (Å²) in [5.41, 5.74) is 0. The van der Waals surface area contributed by atoms with E-state index < -0.39 is 0 Å². The van der Waals surface area contributed by atoms with Crippen molar-refractivity contribution in [3.05, 3.63) is 0 Å². The van der Waals surface area contributed by atoms with Crippen molar-refractivity contribution < 1.29 is 14.3 Å². The molecular weight excluding hydrogens is 256 g/mol. The summed E-state index contributed by atoms with van der Waals surface area (Å²) in [6.07, 6.45) is 4.42. The Morgan fingerprint density at radius 1 is 1.40 bits per heavy atom. The Balaban J connectivity index is 2.11. The van der Waals surface area contributed by atoms with Gasteiger partial charge in [-0.3, -0.25) is 9.59 Å². The third kappa shape index (κ3) is 3.14. The van der Waals surface area contributed by atoms with Crippen LogP contribution in [0.2, 0.25) is 0 Å². The molecule has 1 aliphatic carbocycles. The molecule has 4 unspecified atom stereocenters. The van der Waals surface area contributed by atoms with Crippen molar-refractivity contribution >= 4 is 11.8 Å². The van der Waals surface area contributed by atoms with E-state index >= 15 is 0 Å². The van der Waals surface area contributed by atoms with Crippen LogP contribution in [0, 0.1) is 5.92 Å². The average molecular weight is 282 g/mol. The standard InChI is InChI=1S/C15H26N2O3/c1-4-10(2)14-15(19)17(8-7-13(18)16-14)11-5-6-12(9-11)20-3/h10-12,14H,4-9H2,1-3H3,(H,16,18). The van der Waals surface area contributed by atoms with Crippen LogP contribution in [0.5, 0.6) is 0 Å². The second-order valence-electron chi connectivity index (χ2n) is 6.04. The number of carbonyl (C=O) groups is 2. The zero-order valence-electron chi connectivity index (χ0n) is 12.7. The minimum absolute atomic E-state index is 0.00700. The van der Waals surface area contributed by atoms with Crippen molar-refractivity contribution in [3.63, 3.8) is 0 Å². The smallest absolute Gasteiger partial charge is 0.245 e. The topological polar surface area (TPSA) is 58.6 Å². The lowest BCUT2D eigenvalue weighted by atomic mass is 9.97. The molecule has 2 rings (SSSR count). The molecule has 0 aromatic carbocycles. The van der Waals surface area contributed by atoms with Crippen LogP contribution in [0.4, 0.5) is 0 Å². The fourth-order valence-corrected chi connectivity index (χ4v) is 3.22. The molecule has 0 radical (unpaired) electrons. The zero-order chi connectivity index (χ0) is 14.7. The van der Waals surface area contributed by atoms with Gasteiger partial charge < -0.3 is 15.0 Å². The van der Waals surface area contributed by atoms with E-state index in [0.717, 1.165) is 25.7 Å². The molecule has 1 N–H and O–H groups in total. The fourth-order valence-electron chi connectivity index (χ4n) is 3.22. The molecular formula is C15H26N2O3. The molecule has 20 heavy (non-hydrogen) atoms. The minimum atomic E-state index is -0.364. The SMILES string of the molecule is CCC(C)C1NC(=O)CCN(C2CCC(OC)C2)C1=O. The molecule has 2 aliphatic rings. The fraction of sp³-hybridized carbons (Fsp3) is 0.867. The zero-order valence-corrected chi connectivity index (χ0v) is 12.7. The number of methoxy groups -OCH3 is 1. The normalized spacial score (nSPS) is 33.0. The lowest BCUT2D eigenvalue weighted by molar-refractivity contribution is -0.137. The number of hydrogen-bond donors (Lipinski definition) is 1. The first kappa shape index (κ1) is 15.3. The molecule has 4 atom stereocenters. The number of nitrogens with zero attached hydrogens (tertiary/aromatic N) is 1. The highest BCUT2D eigenvalue weighted by Gasteiger charge is 2.38. The first-order valence-corrected chi connectivity index (χ1v) is 7.69. The predicted octanol–water partition coefficient (Wildman–Crippen LogP) is 1.32. The van der Waals surface area contributed by atoms with E-state index in [9.17, 15) is 9.59 Å². The molecule has 1 saturated carbocycles. The molecule has 114 valence electrons. The molecule has 0 aromatic heterocycles. The van der Waals surface area contributed by atoms with E-state index in [-0.39, 0.29) is 35.9 Å². The van der Waals surface area contributed by atoms with Gasteiger partial charge in [0.2, 0.25) is 11.8 Å². The maximum absolute atomic E-state index is 12.7. The molecule has 1 heterocycles. The maximum atomic E-state index is 12.7. The van der Waals surface area contributed by atoms with E-state index in [1.54, 1.807) is 7.11 Å². The number of nitrogens with one attached hydrogen (secondary N) is 1. The van der Waals surface area contributed by atoms with E-state index in [1.165, 1.54) is 0 Å². The van der Waals surface area contributed by atoms with Crippen LogP contribution in [-0.4, -0.2) is 48.6 Å². The molecule has 2 amide bonds. The lowest BCUT2D eigenvalue weighted by Gasteiger charge is -2.31. The van der Waals surface area contributed by atoms with Crippen LogP contribution in [0.15, 0.2) is 0 Å². The van der Waals surface area contributed by atoms with E-state index in [0.29, 0.717) is 13.0 Å². The molecule has 0 aromatic rings. The molecule has 5 nitrogen and oxygen atoms in total. The summed E-state index contributed by atoms with van der Waals surface area (Å²) in [5, 5.41) is 2.90. The number of hydrogen-bond acceptors (Lipinski definition) is 3. The van der Waals surface area contributed by atoms with E-state index in [4.69, 9.17) is 4.74 Å². The predicted molar refractivity (Wildman–Crippen MR) is 76.2 cm³/mol. The first-order valence-electron chi connectivity index (χ1n) is 7.69. The van der Waals surface area contributed by atoms with Crippen LogP contribution >= 0.6 is 0 Å². The first-order chi connectivity index (χ1) is 9.56. The summed E-state index contributed by atoms with van der Waals surface area (Å²) < 4.78 is 5.39. The van der Waals surface area contributed by atoms with Crippen LogP contribution < -0.4 is 5.32 Å². The lowest BCUT2D eigenvalue weighted by Crippen LogP contribution is -2.50. The highest BCUT2D eigenvalue weighted by atomic mass is 16.5. The summed E-state index contributed by atoms with van der Waals surface area (Å²) in [6, 6.07) is -0.136. The van der Waals surface area contributed by atoms with Gasteiger partial charge in [0.1, 0.15) is 6.04 Å². The van der Waals surface area contributed by atoms with Gasteiger partial charge in [-0.05, 0) is 25.2 Å². The van der Waals surface area contributed by atoms with Gasteiger partial charge in [-0.1, -0.05) is 20.3 Å². The Kier molecular flexibility index (Phi) is 5.02. The van der Waals surface area contributed by atoms with Crippen molar-refractivity contribution in [3.8, 4) is 0 Å². The second kappa shape index (κ2) is 6.57. The van der Waals surface area contributed by atoms with Crippen LogP contribution in [-0.2, 0) is 14.3 Å². The van der Waals surface area contributed by atoms with Gasteiger partial charge in [0.25, 0.3) is 0 Å². The van der Waals surface area contributed by atoms with E-state index in [1.807, 2.05) is 11.8 Å². The van der Waals surface area contributed by atoms with Crippen molar-refractivity contribution in [2.45, 2.75) is 64.1 Å². The number of amides is 2. The minimum Gasteiger partial charge on any atom is -0.381 e. The van der Waals surface area contributed by atoms with Crippen LogP contribution in [0.25, 0.3) is 0 Å². The Hall–Kier alpha value is -1.10. The quantitative estimate of drug-likeness (QED) is 0.846. The highest BCUT2D eigenvalue weighted by molar-refractivity contribution is 5.90. The summed E-state index contributed by atoms with van der Waals surface area (Å²) >= 11 is 0. The summed E-state index contributed by atoms with van der Waals surface area (Å²) in [6.45, 7) is 4.62. The third-order valence-electron chi connectivity index (χ3n) is 4.79. The monoisotopic (exact) mass is 282 g/mol. The second-order valence-corrected chi connectivity index (χ2v) is 6.04. The number of ether oxygens (including phenoxy) is 1. The van der Waals surface area contributed by atoms with Gasteiger partial charge in [0.05, 0.1) is 6.10 Å². The van der Waals surface area contributed by atoms with Crippen molar-refractivity contribution in [1.29, 1.82) is 0 Å². The maximum Gasteiger partial charge on any atom is 0.245 e. The number of carbonyl (C=O) groups excluding carboxylic acids is 2. The van der Waals surface area contributed by atoms with Crippen LogP contribution in [0.1, 0.15) is 46.0 Å². The Morgan fingerprint density at radius 3 is 2.75 bits per heavy atom. The van der Waals surface area contributed by atoms with Gasteiger partial charge in [-0.15, -0.1) is 0 Å². The van der Waals surface area contributed by atoms with Crippen molar-refractivity contribution in [1.82, 2.24) is 10.2 Å². The van der Waals surface area contributed by atoms with Gasteiger partial charge in [-0.25, -0.2) is 0 Å².